The van der Waals surface area contributed by atoms with Crippen LogP contribution in [0.15, 0.2) is 42.6 Å². The minimum absolute atomic E-state index is 0. The first-order chi connectivity index (χ1) is 10.2. The Morgan fingerprint density at radius 2 is 1.77 bits per heavy atom. The van der Waals surface area contributed by atoms with Gasteiger partial charge in [0.2, 0.25) is 5.52 Å². The lowest BCUT2D eigenvalue weighted by atomic mass is 9.94. The van der Waals surface area contributed by atoms with Gasteiger partial charge in [-0.25, -0.2) is 9.37 Å². The van der Waals surface area contributed by atoms with Crippen LogP contribution in [0.5, 0.6) is 0 Å². The molecule has 0 spiro atoms. The third-order valence-electron chi connectivity index (χ3n) is 4.30. The smallest absolute Gasteiger partial charge is 0.221 e. The van der Waals surface area contributed by atoms with Crippen LogP contribution in [0.4, 0.5) is 4.39 Å². The molecule has 2 aromatic heterocycles. The quantitative estimate of drug-likeness (QED) is 0.270. The summed E-state index contributed by atoms with van der Waals surface area (Å²) in [4.78, 5) is 3.38. The summed E-state index contributed by atoms with van der Waals surface area (Å²) in [7, 11) is 0. The molecule has 0 atom stereocenters. The second-order valence-electron chi connectivity index (χ2n) is 5.52. The van der Waals surface area contributed by atoms with Crippen LogP contribution in [0, 0.1) is 12.7 Å². The first kappa shape index (κ1) is 14.1. The number of fused-ring (bicyclic) bond motifs is 3. The van der Waals surface area contributed by atoms with Crippen molar-refractivity contribution in [2.75, 3.05) is 0 Å². The lowest BCUT2D eigenvalue weighted by Crippen LogP contribution is -3.00. The number of hydrogen-bond donors (Lipinski definition) is 0. The van der Waals surface area contributed by atoms with E-state index in [9.17, 15) is 4.39 Å². The minimum atomic E-state index is -0.172. The van der Waals surface area contributed by atoms with Crippen molar-refractivity contribution in [3.8, 4) is 0 Å². The molecule has 0 fully saturated rings. The molecule has 0 amide bonds. The van der Waals surface area contributed by atoms with Crippen molar-refractivity contribution >= 4 is 53.2 Å². The summed E-state index contributed by atoms with van der Waals surface area (Å²) < 4.78 is 16.5. The van der Waals surface area contributed by atoms with E-state index in [2.05, 4.69) is 29.2 Å². The highest BCUT2D eigenvalue weighted by Gasteiger charge is 2.20. The first-order valence-corrected chi connectivity index (χ1v) is 7.72. The zero-order valence-electron chi connectivity index (χ0n) is 11.7. The predicted molar refractivity (Wildman–Crippen MR) is 86.8 cm³/mol. The van der Waals surface area contributed by atoms with E-state index in [1.54, 1.807) is 23.5 Å². The third-order valence-corrected chi connectivity index (χ3v) is 5.42. The number of nitrogens with one attached hydrogen (secondary N) is 1. The number of halogens is 2. The van der Waals surface area contributed by atoms with Crippen LogP contribution in [-0.4, -0.2) is 0 Å². The van der Waals surface area contributed by atoms with E-state index in [0.717, 1.165) is 27.2 Å². The van der Waals surface area contributed by atoms with Crippen molar-refractivity contribution in [3.63, 3.8) is 0 Å². The molecule has 0 aliphatic heterocycles. The topological polar surface area (TPSA) is 14.1 Å². The van der Waals surface area contributed by atoms with Crippen LogP contribution < -0.4 is 29.0 Å². The molecule has 2 heterocycles. The first-order valence-electron chi connectivity index (χ1n) is 6.91. The molecular weight excluding hydrogens is 408 g/mol. The molecule has 1 nitrogen and oxygen atoms in total. The summed E-state index contributed by atoms with van der Waals surface area (Å²) in [5.74, 6) is -0.172. The number of aromatic nitrogens is 1. The van der Waals surface area contributed by atoms with E-state index in [1.807, 2.05) is 13.1 Å². The molecule has 0 aliphatic rings. The van der Waals surface area contributed by atoms with E-state index in [1.165, 1.54) is 20.2 Å². The second-order valence-corrected chi connectivity index (χ2v) is 6.60. The predicted octanol–water partition coefficient (Wildman–Crippen LogP) is 2.06. The lowest BCUT2D eigenvalue weighted by Gasteiger charge is -2.08. The Morgan fingerprint density at radius 1 is 0.955 bits per heavy atom. The fraction of sp³-hybridized carbons (Fsp3) is 0.0556. The normalized spacial score (nSPS) is 11.7. The van der Waals surface area contributed by atoms with Crippen LogP contribution >= 0.6 is 11.3 Å². The second kappa shape index (κ2) is 4.73. The number of aryl methyl sites for hydroxylation is 1. The number of thiophene rings is 1. The van der Waals surface area contributed by atoms with E-state index in [4.69, 9.17) is 0 Å². The van der Waals surface area contributed by atoms with Gasteiger partial charge in [-0.2, -0.15) is 0 Å². The molecule has 0 saturated carbocycles. The Kier molecular flexibility index (Phi) is 3.03. The van der Waals surface area contributed by atoms with Crippen molar-refractivity contribution in [2.24, 2.45) is 0 Å². The monoisotopic (exact) mass is 419 g/mol. The average Bonchev–Trinajstić information content (AvgIpc) is 2.85. The molecule has 0 bridgehead atoms. The Hall–Kier alpha value is -1.53. The molecule has 1 N–H and O–H groups in total. The molecule has 0 unspecified atom stereocenters. The number of rotatable bonds is 0. The van der Waals surface area contributed by atoms with Gasteiger partial charge in [0, 0.05) is 20.9 Å². The van der Waals surface area contributed by atoms with Crippen molar-refractivity contribution in [1.29, 1.82) is 0 Å². The van der Waals surface area contributed by atoms with Gasteiger partial charge in [0.25, 0.3) is 0 Å². The minimum Gasteiger partial charge on any atom is -1.00 e. The summed E-state index contributed by atoms with van der Waals surface area (Å²) in [6.45, 7) is 1.98. The summed E-state index contributed by atoms with van der Waals surface area (Å²) in [5, 5.41) is 5.79. The van der Waals surface area contributed by atoms with E-state index < -0.39 is 0 Å². The number of benzene rings is 3. The van der Waals surface area contributed by atoms with Gasteiger partial charge in [-0.15, -0.1) is 11.3 Å². The maximum atomic E-state index is 13.9. The maximum absolute atomic E-state index is 13.9. The fourth-order valence-corrected chi connectivity index (χ4v) is 4.65. The SMILES string of the molecule is Cc1cc(F)cc2c3cccc4sc5cc[nH+]c(c12)c5c43.[I-]. The number of aromatic amines is 1. The highest BCUT2D eigenvalue weighted by Crippen LogP contribution is 2.43. The Bertz CT molecular complexity index is 1160. The molecule has 3 aromatic carbocycles. The van der Waals surface area contributed by atoms with Crippen molar-refractivity contribution in [3.05, 3.63) is 54.0 Å². The number of pyridine rings is 1. The van der Waals surface area contributed by atoms with Gasteiger partial charge in [0.05, 0.1) is 10.8 Å². The van der Waals surface area contributed by atoms with Crippen LogP contribution in [0.25, 0.3) is 41.8 Å². The average molecular weight is 419 g/mol. The number of hydrogen-bond acceptors (Lipinski definition) is 1. The van der Waals surface area contributed by atoms with Crippen LogP contribution in [0.2, 0.25) is 0 Å². The van der Waals surface area contributed by atoms with Gasteiger partial charge in [-0.1, -0.05) is 12.1 Å². The molecule has 108 valence electrons. The maximum Gasteiger partial charge on any atom is 0.221 e. The summed E-state index contributed by atoms with van der Waals surface area (Å²) in [6, 6.07) is 11.7. The van der Waals surface area contributed by atoms with E-state index in [-0.39, 0.29) is 29.8 Å². The van der Waals surface area contributed by atoms with Gasteiger partial charge in [0.15, 0.2) is 6.20 Å². The summed E-state index contributed by atoms with van der Waals surface area (Å²) in [5.41, 5.74) is 2.09. The summed E-state index contributed by atoms with van der Waals surface area (Å²) >= 11 is 1.80. The van der Waals surface area contributed by atoms with Gasteiger partial charge < -0.3 is 24.0 Å². The highest BCUT2D eigenvalue weighted by molar-refractivity contribution is 7.26. The molecular formula is C18H11FINS. The third kappa shape index (κ3) is 1.65. The zero-order valence-corrected chi connectivity index (χ0v) is 14.7. The van der Waals surface area contributed by atoms with Crippen molar-refractivity contribution in [2.45, 2.75) is 6.92 Å². The largest absolute Gasteiger partial charge is 1.00 e. The van der Waals surface area contributed by atoms with Crippen LogP contribution in [0.1, 0.15) is 5.56 Å². The molecule has 0 aliphatic carbocycles. The molecule has 5 rings (SSSR count). The molecule has 5 aromatic rings. The number of H-pyrrole nitrogens is 1. The lowest BCUT2D eigenvalue weighted by molar-refractivity contribution is -0.343. The van der Waals surface area contributed by atoms with E-state index in [0.29, 0.717) is 0 Å². The van der Waals surface area contributed by atoms with Gasteiger partial charge >= 0.3 is 0 Å². The fourth-order valence-electron chi connectivity index (χ4n) is 3.51. The van der Waals surface area contributed by atoms with Crippen LogP contribution in [-0.2, 0) is 0 Å². The van der Waals surface area contributed by atoms with Gasteiger partial charge in [0.1, 0.15) is 5.82 Å². The van der Waals surface area contributed by atoms with Gasteiger partial charge in [-0.3, -0.25) is 0 Å². The summed E-state index contributed by atoms with van der Waals surface area (Å²) in [6.07, 6.45) is 1.98. The van der Waals surface area contributed by atoms with Crippen LogP contribution in [0.3, 0.4) is 0 Å². The van der Waals surface area contributed by atoms with Crippen molar-refractivity contribution in [1.82, 2.24) is 0 Å². The molecule has 0 radical (unpaired) electrons. The Labute approximate surface area is 147 Å². The Morgan fingerprint density at radius 3 is 2.64 bits per heavy atom. The Balaban J connectivity index is 0.00000125. The standard InChI is InChI=1S/C18H10FNS.HI/c1-9-7-10(19)8-12-11-3-2-4-13-16(11)17-14(21-13)5-6-20-18(17)15(9)12;/h2-8H,1H3;1H. The molecule has 0 saturated heterocycles. The van der Waals surface area contributed by atoms with E-state index >= 15 is 0 Å². The highest BCUT2D eigenvalue weighted by atomic mass is 127. The molecule has 4 heteroatoms. The molecule has 22 heavy (non-hydrogen) atoms. The zero-order chi connectivity index (χ0) is 14.1. The van der Waals surface area contributed by atoms with Gasteiger partial charge in [-0.05, 0) is 41.5 Å². The van der Waals surface area contributed by atoms with Crippen molar-refractivity contribution < 1.29 is 33.4 Å².